The zero-order valence-electron chi connectivity index (χ0n) is 13.2. The lowest BCUT2D eigenvalue weighted by atomic mass is 9.99. The molecular formula is C16H17ClN2O4S. The van der Waals surface area contributed by atoms with Crippen LogP contribution >= 0.6 is 22.9 Å². The number of carbonyl (C=O) groups excluding carboxylic acids is 1. The number of amides is 1. The van der Waals surface area contributed by atoms with Crippen molar-refractivity contribution in [1.82, 2.24) is 10.3 Å². The minimum atomic E-state index is -1.02. The Morgan fingerprint density at radius 1 is 1.46 bits per heavy atom. The van der Waals surface area contributed by atoms with Gasteiger partial charge in [0.1, 0.15) is 10.7 Å². The Kier molecular flexibility index (Phi) is 5.93. The van der Waals surface area contributed by atoms with Crippen LogP contribution in [-0.4, -0.2) is 41.2 Å². The minimum absolute atomic E-state index is 0.0797. The largest absolute Gasteiger partial charge is 0.481 e. The molecule has 24 heavy (non-hydrogen) atoms. The van der Waals surface area contributed by atoms with Crippen molar-refractivity contribution >= 4 is 34.8 Å². The van der Waals surface area contributed by atoms with E-state index in [4.69, 9.17) is 21.4 Å². The van der Waals surface area contributed by atoms with Gasteiger partial charge in [-0.25, -0.2) is 4.98 Å². The normalized spacial score (nSPS) is 13.3. The van der Waals surface area contributed by atoms with E-state index in [2.05, 4.69) is 10.3 Å². The van der Waals surface area contributed by atoms with Crippen molar-refractivity contribution in [2.45, 2.75) is 18.9 Å². The molecule has 1 unspecified atom stereocenters. The Hall–Kier alpha value is -1.96. The van der Waals surface area contributed by atoms with E-state index in [0.29, 0.717) is 10.0 Å². The highest BCUT2D eigenvalue weighted by Gasteiger charge is 2.30. The van der Waals surface area contributed by atoms with E-state index in [9.17, 15) is 9.59 Å². The number of hydrogen-bond acceptors (Lipinski definition) is 5. The van der Waals surface area contributed by atoms with E-state index in [1.807, 2.05) is 6.07 Å². The summed E-state index contributed by atoms with van der Waals surface area (Å²) >= 11 is 7.28. The Bertz CT molecular complexity index is 749. The SMILES string of the molecule is COCC(C)(CC(=O)O)NC(=O)c1csc(-c2cccc(Cl)c2)n1. The van der Waals surface area contributed by atoms with Crippen LogP contribution in [0.25, 0.3) is 10.6 Å². The first-order valence-electron chi connectivity index (χ1n) is 7.08. The lowest BCUT2D eigenvalue weighted by Crippen LogP contribution is -2.50. The van der Waals surface area contributed by atoms with Crippen molar-refractivity contribution in [3.8, 4) is 10.6 Å². The van der Waals surface area contributed by atoms with E-state index in [1.165, 1.54) is 18.4 Å². The molecule has 1 aromatic heterocycles. The topological polar surface area (TPSA) is 88.5 Å². The number of carboxylic acids is 1. The van der Waals surface area contributed by atoms with Crippen LogP contribution in [0.1, 0.15) is 23.8 Å². The second-order valence-corrected chi connectivity index (χ2v) is 6.86. The van der Waals surface area contributed by atoms with Gasteiger partial charge < -0.3 is 15.2 Å². The minimum Gasteiger partial charge on any atom is -0.481 e. The molecule has 1 amide bonds. The quantitative estimate of drug-likeness (QED) is 0.784. The summed E-state index contributed by atoms with van der Waals surface area (Å²) in [6.07, 6.45) is -0.252. The van der Waals surface area contributed by atoms with E-state index >= 15 is 0 Å². The molecule has 1 atom stereocenters. The Morgan fingerprint density at radius 2 is 2.21 bits per heavy atom. The highest BCUT2D eigenvalue weighted by molar-refractivity contribution is 7.13. The number of aliphatic carboxylic acids is 1. The van der Waals surface area contributed by atoms with E-state index in [1.54, 1.807) is 30.5 Å². The Balaban J connectivity index is 2.16. The summed E-state index contributed by atoms with van der Waals surface area (Å²) in [6, 6.07) is 7.18. The molecule has 2 rings (SSSR count). The predicted molar refractivity (Wildman–Crippen MR) is 92.6 cm³/mol. The lowest BCUT2D eigenvalue weighted by molar-refractivity contribution is -0.139. The number of carboxylic acid groups (broad SMARTS) is 1. The molecule has 0 aliphatic rings. The van der Waals surface area contributed by atoms with Crippen molar-refractivity contribution in [3.05, 3.63) is 40.4 Å². The average Bonchev–Trinajstić information content (AvgIpc) is 2.96. The van der Waals surface area contributed by atoms with Gasteiger partial charge in [0.25, 0.3) is 5.91 Å². The molecule has 0 aliphatic carbocycles. The van der Waals surface area contributed by atoms with Gasteiger partial charge in [-0.3, -0.25) is 9.59 Å². The number of hydrogen-bond donors (Lipinski definition) is 2. The fourth-order valence-corrected chi connectivity index (χ4v) is 3.24. The summed E-state index contributed by atoms with van der Waals surface area (Å²) in [5.41, 5.74) is 0.0248. The van der Waals surface area contributed by atoms with E-state index in [0.717, 1.165) is 5.56 Å². The van der Waals surface area contributed by atoms with Crippen molar-refractivity contribution in [2.24, 2.45) is 0 Å². The van der Waals surface area contributed by atoms with Gasteiger partial charge in [0.05, 0.1) is 18.6 Å². The first-order valence-corrected chi connectivity index (χ1v) is 8.33. The molecule has 0 saturated heterocycles. The number of ether oxygens (including phenoxy) is 1. The van der Waals surface area contributed by atoms with Gasteiger partial charge in [0, 0.05) is 23.1 Å². The van der Waals surface area contributed by atoms with Crippen LogP contribution in [0.4, 0.5) is 0 Å². The molecule has 1 aromatic carbocycles. The van der Waals surface area contributed by atoms with Gasteiger partial charge in [-0.1, -0.05) is 23.7 Å². The molecule has 128 valence electrons. The molecular weight excluding hydrogens is 352 g/mol. The van der Waals surface area contributed by atoms with Gasteiger partial charge >= 0.3 is 5.97 Å². The molecule has 1 heterocycles. The van der Waals surface area contributed by atoms with Gasteiger partial charge in [-0.05, 0) is 19.1 Å². The van der Waals surface area contributed by atoms with Crippen LogP contribution in [0.15, 0.2) is 29.6 Å². The summed E-state index contributed by atoms with van der Waals surface area (Å²) in [6.45, 7) is 1.70. The molecule has 6 nitrogen and oxygen atoms in total. The van der Waals surface area contributed by atoms with Crippen LogP contribution in [0.5, 0.6) is 0 Å². The molecule has 0 saturated carbocycles. The maximum Gasteiger partial charge on any atom is 0.305 e. The second kappa shape index (κ2) is 7.74. The Morgan fingerprint density at radius 3 is 2.83 bits per heavy atom. The van der Waals surface area contributed by atoms with Gasteiger partial charge in [-0.2, -0.15) is 0 Å². The van der Waals surface area contributed by atoms with Crippen LogP contribution in [0.2, 0.25) is 5.02 Å². The van der Waals surface area contributed by atoms with Crippen LogP contribution in [0.3, 0.4) is 0 Å². The first-order chi connectivity index (χ1) is 11.3. The average molecular weight is 369 g/mol. The summed E-state index contributed by atoms with van der Waals surface area (Å²) < 4.78 is 5.02. The van der Waals surface area contributed by atoms with Crippen LogP contribution in [0, 0.1) is 0 Å². The number of nitrogens with zero attached hydrogens (tertiary/aromatic N) is 1. The third-order valence-corrected chi connectivity index (χ3v) is 4.35. The van der Waals surface area contributed by atoms with Crippen molar-refractivity contribution in [1.29, 1.82) is 0 Å². The molecule has 0 bridgehead atoms. The maximum absolute atomic E-state index is 12.4. The van der Waals surface area contributed by atoms with Crippen molar-refractivity contribution in [2.75, 3.05) is 13.7 Å². The van der Waals surface area contributed by atoms with E-state index < -0.39 is 17.4 Å². The summed E-state index contributed by atoms with van der Waals surface area (Å²) in [5, 5.41) is 14.6. The zero-order chi connectivity index (χ0) is 17.7. The summed E-state index contributed by atoms with van der Waals surface area (Å²) in [5.74, 6) is -1.46. The zero-order valence-corrected chi connectivity index (χ0v) is 14.8. The molecule has 2 aromatic rings. The molecule has 0 fully saturated rings. The maximum atomic E-state index is 12.4. The fraction of sp³-hybridized carbons (Fsp3) is 0.312. The monoisotopic (exact) mass is 368 g/mol. The van der Waals surface area contributed by atoms with Crippen molar-refractivity contribution < 1.29 is 19.4 Å². The number of methoxy groups -OCH3 is 1. The highest BCUT2D eigenvalue weighted by atomic mass is 35.5. The van der Waals surface area contributed by atoms with E-state index in [-0.39, 0.29) is 18.7 Å². The van der Waals surface area contributed by atoms with Gasteiger partial charge in [-0.15, -0.1) is 11.3 Å². The fourth-order valence-electron chi connectivity index (χ4n) is 2.25. The van der Waals surface area contributed by atoms with Gasteiger partial charge in [0.2, 0.25) is 0 Å². The van der Waals surface area contributed by atoms with Gasteiger partial charge in [0.15, 0.2) is 0 Å². The van der Waals surface area contributed by atoms with Crippen molar-refractivity contribution in [3.63, 3.8) is 0 Å². The van der Waals surface area contributed by atoms with Crippen LogP contribution in [-0.2, 0) is 9.53 Å². The molecule has 8 heteroatoms. The predicted octanol–water partition coefficient (Wildman–Crippen LogP) is 3.07. The van der Waals surface area contributed by atoms with Crippen LogP contribution < -0.4 is 5.32 Å². The standard InChI is InChI=1S/C16H17ClN2O4S/c1-16(9-23-2,7-13(20)21)19-14(22)12-8-24-15(18-12)10-4-3-5-11(17)6-10/h3-6,8H,7,9H2,1-2H3,(H,19,22)(H,20,21). The lowest BCUT2D eigenvalue weighted by Gasteiger charge is -2.28. The number of halogens is 1. The number of aromatic nitrogens is 1. The molecule has 0 radical (unpaired) electrons. The third-order valence-electron chi connectivity index (χ3n) is 3.23. The number of benzene rings is 1. The smallest absolute Gasteiger partial charge is 0.305 e. The first kappa shape index (κ1) is 18.4. The number of thiazole rings is 1. The second-order valence-electron chi connectivity index (χ2n) is 5.57. The summed E-state index contributed by atoms with van der Waals surface area (Å²) in [7, 11) is 1.45. The third kappa shape index (κ3) is 4.77. The number of carbonyl (C=O) groups is 2. The number of rotatable bonds is 7. The highest BCUT2D eigenvalue weighted by Crippen LogP contribution is 2.26. The number of nitrogens with one attached hydrogen (secondary N) is 1. The molecule has 2 N–H and O–H groups in total. The Labute approximate surface area is 148 Å². The summed E-state index contributed by atoms with van der Waals surface area (Å²) in [4.78, 5) is 27.7. The molecule has 0 aliphatic heterocycles. The molecule has 0 spiro atoms.